The average molecular weight is 398 g/mol. The lowest BCUT2D eigenvalue weighted by Crippen LogP contribution is -2.34. The Balaban J connectivity index is 1.80. The normalized spacial score (nSPS) is 22.9. The largest absolute Gasteiger partial charge is 0.469 e. The molecule has 4 N–H and O–H groups in total. The van der Waals surface area contributed by atoms with Crippen molar-refractivity contribution >= 4 is 7.82 Å². The highest BCUT2D eigenvalue weighted by atomic mass is 31.2. The maximum Gasteiger partial charge on any atom is 0.469 e. The highest BCUT2D eigenvalue weighted by Crippen LogP contribution is 2.38. The summed E-state index contributed by atoms with van der Waals surface area (Å²) in [6, 6.07) is 9.21. The van der Waals surface area contributed by atoms with Crippen LogP contribution in [0.15, 0.2) is 46.1 Å². The van der Waals surface area contributed by atoms with E-state index in [2.05, 4.69) is 9.51 Å². The van der Waals surface area contributed by atoms with Gasteiger partial charge in [0.2, 0.25) is 0 Å². The van der Waals surface area contributed by atoms with Crippen molar-refractivity contribution in [3.05, 3.63) is 68.5 Å². The van der Waals surface area contributed by atoms with E-state index in [0.29, 0.717) is 12.0 Å². The quantitative estimate of drug-likeness (QED) is 0.492. The second kappa shape index (κ2) is 7.89. The molecule has 3 atom stereocenters. The molecule has 2 heterocycles. The van der Waals surface area contributed by atoms with Gasteiger partial charge >= 0.3 is 13.5 Å². The van der Waals surface area contributed by atoms with E-state index in [0.717, 1.165) is 10.1 Å². The molecule has 0 radical (unpaired) electrons. The molecule has 1 aromatic heterocycles. The highest BCUT2D eigenvalue weighted by molar-refractivity contribution is 7.46. The Bertz CT molecular complexity index is 951. The molecule has 11 heteroatoms. The number of nitrogens with one attached hydrogen (secondary N) is 1. The minimum Gasteiger partial charge on any atom is -0.390 e. The van der Waals surface area contributed by atoms with Crippen LogP contribution in [0, 0.1) is 0 Å². The molecule has 27 heavy (non-hydrogen) atoms. The zero-order valence-corrected chi connectivity index (χ0v) is 15.0. The zero-order chi connectivity index (χ0) is 19.6. The summed E-state index contributed by atoms with van der Waals surface area (Å²) in [6.07, 6.45) is -1.32. The second-order valence-electron chi connectivity index (χ2n) is 6.20. The van der Waals surface area contributed by atoms with Crippen molar-refractivity contribution in [3.8, 4) is 0 Å². The molecule has 1 saturated heterocycles. The van der Waals surface area contributed by atoms with E-state index in [-0.39, 0.29) is 6.42 Å². The van der Waals surface area contributed by atoms with Gasteiger partial charge in [0.25, 0.3) is 5.56 Å². The number of benzene rings is 1. The Morgan fingerprint density at radius 2 is 1.96 bits per heavy atom. The van der Waals surface area contributed by atoms with E-state index in [1.807, 2.05) is 30.3 Å². The molecule has 0 bridgehead atoms. The number of phosphoric acid groups is 1. The standard InChI is InChI=1S/C16H19N2O8P/c19-12-7-14(26-13(12)9-25-27(22,23)24)18-8-11(15(20)17-16(18)21)6-10-4-2-1-3-5-10/h1-5,8,12-14,19H,6-7,9H2,(H,17,20,21)(H2,22,23,24)/t12-,13+,14+/m0/s1. The van der Waals surface area contributed by atoms with Gasteiger partial charge < -0.3 is 19.6 Å². The number of aromatic amines is 1. The molecule has 2 aromatic rings. The molecule has 1 aromatic carbocycles. The molecule has 3 rings (SSSR count). The van der Waals surface area contributed by atoms with Gasteiger partial charge in [0.1, 0.15) is 12.3 Å². The number of aliphatic hydroxyl groups is 1. The van der Waals surface area contributed by atoms with Crippen LogP contribution >= 0.6 is 7.82 Å². The van der Waals surface area contributed by atoms with Crippen LogP contribution in [0.5, 0.6) is 0 Å². The highest BCUT2D eigenvalue weighted by Gasteiger charge is 2.37. The van der Waals surface area contributed by atoms with Crippen LogP contribution in [-0.2, 0) is 20.2 Å². The average Bonchev–Trinajstić information content (AvgIpc) is 2.96. The van der Waals surface area contributed by atoms with Gasteiger partial charge in [-0.15, -0.1) is 0 Å². The van der Waals surface area contributed by atoms with Gasteiger partial charge in [0, 0.05) is 24.6 Å². The number of aliphatic hydroxyl groups excluding tert-OH is 1. The van der Waals surface area contributed by atoms with Crippen LogP contribution in [0.1, 0.15) is 23.8 Å². The van der Waals surface area contributed by atoms with E-state index in [1.54, 1.807) is 0 Å². The predicted molar refractivity (Wildman–Crippen MR) is 93.1 cm³/mol. The Morgan fingerprint density at radius 3 is 2.63 bits per heavy atom. The van der Waals surface area contributed by atoms with Crippen LogP contribution in [0.2, 0.25) is 0 Å². The Morgan fingerprint density at radius 1 is 1.26 bits per heavy atom. The number of hydrogen-bond donors (Lipinski definition) is 4. The number of aromatic nitrogens is 2. The Hall–Kier alpha value is -2.07. The van der Waals surface area contributed by atoms with Crippen LogP contribution < -0.4 is 11.2 Å². The van der Waals surface area contributed by atoms with Gasteiger partial charge in [-0.1, -0.05) is 30.3 Å². The second-order valence-corrected chi connectivity index (χ2v) is 7.44. The number of nitrogens with zero attached hydrogens (tertiary/aromatic N) is 1. The van der Waals surface area contributed by atoms with Gasteiger partial charge in [0.15, 0.2) is 0 Å². The summed E-state index contributed by atoms with van der Waals surface area (Å²) in [6.45, 7) is -0.531. The first-order valence-corrected chi connectivity index (χ1v) is 9.68. The molecule has 1 aliphatic heterocycles. The lowest BCUT2D eigenvalue weighted by Gasteiger charge is -2.17. The third kappa shape index (κ3) is 5.01. The molecule has 0 aliphatic carbocycles. The number of phosphoric ester groups is 1. The topological polar surface area (TPSA) is 151 Å². The van der Waals surface area contributed by atoms with Crippen LogP contribution in [0.25, 0.3) is 0 Å². The molecule has 1 aliphatic rings. The monoisotopic (exact) mass is 398 g/mol. The number of rotatable bonds is 6. The summed E-state index contributed by atoms with van der Waals surface area (Å²) >= 11 is 0. The van der Waals surface area contributed by atoms with Gasteiger partial charge in [0.05, 0.1) is 12.7 Å². The van der Waals surface area contributed by atoms with Crippen molar-refractivity contribution in [1.82, 2.24) is 9.55 Å². The molecule has 10 nitrogen and oxygen atoms in total. The fourth-order valence-corrected chi connectivity index (χ4v) is 3.23. The smallest absolute Gasteiger partial charge is 0.390 e. The van der Waals surface area contributed by atoms with Crippen molar-refractivity contribution in [2.24, 2.45) is 0 Å². The van der Waals surface area contributed by atoms with Crippen molar-refractivity contribution in [3.63, 3.8) is 0 Å². The summed E-state index contributed by atoms with van der Waals surface area (Å²) in [5.41, 5.74) is 0.00732. The minimum absolute atomic E-state index is 0.00587. The summed E-state index contributed by atoms with van der Waals surface area (Å²) < 4.78 is 21.8. The van der Waals surface area contributed by atoms with E-state index in [1.165, 1.54) is 6.20 Å². The molecule has 146 valence electrons. The fraction of sp³-hybridized carbons (Fsp3) is 0.375. The fourth-order valence-electron chi connectivity index (χ4n) is 2.89. The van der Waals surface area contributed by atoms with Crippen LogP contribution in [0.3, 0.4) is 0 Å². The van der Waals surface area contributed by atoms with E-state index >= 15 is 0 Å². The third-order valence-corrected chi connectivity index (χ3v) is 4.69. The zero-order valence-electron chi connectivity index (χ0n) is 14.1. The Kier molecular flexibility index (Phi) is 5.75. The molecule has 0 spiro atoms. The van der Waals surface area contributed by atoms with E-state index in [4.69, 9.17) is 14.5 Å². The first-order valence-electron chi connectivity index (χ1n) is 8.15. The SMILES string of the molecule is O=c1[nH]c(=O)n([C@H]2C[C@H](O)[C@@H](COP(=O)(O)O)O2)cc1Cc1ccccc1. The summed E-state index contributed by atoms with van der Waals surface area (Å²) in [7, 11) is -4.71. The van der Waals surface area contributed by atoms with Gasteiger partial charge in [-0.05, 0) is 5.56 Å². The van der Waals surface area contributed by atoms with E-state index < -0.39 is 44.1 Å². The van der Waals surface area contributed by atoms with Crippen molar-refractivity contribution in [1.29, 1.82) is 0 Å². The first-order chi connectivity index (χ1) is 12.7. The van der Waals surface area contributed by atoms with Gasteiger partial charge in [-0.3, -0.25) is 18.9 Å². The molecular formula is C16H19N2O8P. The molecule has 0 unspecified atom stereocenters. The molecule has 1 fully saturated rings. The van der Waals surface area contributed by atoms with E-state index in [9.17, 15) is 19.3 Å². The molecule has 0 saturated carbocycles. The number of ether oxygens (including phenoxy) is 1. The first kappa shape index (κ1) is 19.7. The third-order valence-electron chi connectivity index (χ3n) is 4.20. The predicted octanol–water partition coefficient (Wildman–Crippen LogP) is -0.115. The maximum absolute atomic E-state index is 12.2. The van der Waals surface area contributed by atoms with Crippen molar-refractivity contribution in [2.45, 2.75) is 31.3 Å². The lowest BCUT2D eigenvalue weighted by atomic mass is 10.1. The number of H-pyrrole nitrogens is 1. The van der Waals surface area contributed by atoms with Gasteiger partial charge in [-0.25, -0.2) is 9.36 Å². The summed E-state index contributed by atoms with van der Waals surface area (Å²) in [5.74, 6) is 0. The van der Waals surface area contributed by atoms with Crippen molar-refractivity contribution in [2.75, 3.05) is 6.61 Å². The minimum atomic E-state index is -4.71. The molecule has 0 amide bonds. The number of hydrogen-bond acceptors (Lipinski definition) is 6. The van der Waals surface area contributed by atoms with Crippen LogP contribution in [-0.4, -0.2) is 43.3 Å². The lowest BCUT2D eigenvalue weighted by molar-refractivity contribution is -0.0451. The van der Waals surface area contributed by atoms with Crippen LogP contribution in [0.4, 0.5) is 0 Å². The maximum atomic E-state index is 12.2. The van der Waals surface area contributed by atoms with Crippen molar-refractivity contribution < 1.29 is 28.7 Å². The summed E-state index contributed by atoms with van der Waals surface area (Å²) in [4.78, 5) is 44.0. The Labute approximate surface area is 153 Å². The molecular weight excluding hydrogens is 379 g/mol. The summed E-state index contributed by atoms with van der Waals surface area (Å²) in [5, 5.41) is 10.0. The van der Waals surface area contributed by atoms with Gasteiger partial charge in [-0.2, -0.15) is 0 Å².